The summed E-state index contributed by atoms with van der Waals surface area (Å²) < 4.78 is 1.19. The molecule has 0 fully saturated rings. The Morgan fingerprint density at radius 3 is 2.74 bits per heavy atom. The molecule has 1 amide bonds. The zero-order chi connectivity index (χ0) is 17.0. The van der Waals surface area contributed by atoms with Crippen LogP contribution in [0.2, 0.25) is 10.0 Å². The van der Waals surface area contributed by atoms with Crippen molar-refractivity contribution in [2.24, 2.45) is 0 Å². The van der Waals surface area contributed by atoms with Gasteiger partial charge in [-0.3, -0.25) is 9.59 Å². The summed E-state index contributed by atoms with van der Waals surface area (Å²) in [6, 6.07) is 5.03. The van der Waals surface area contributed by atoms with Crippen molar-refractivity contribution in [2.75, 3.05) is 0 Å². The second-order valence-corrected chi connectivity index (χ2v) is 5.73. The molecule has 2 rings (SSSR count). The highest BCUT2D eigenvalue weighted by Gasteiger charge is 2.16. The molecule has 0 aliphatic heterocycles. The predicted octanol–water partition coefficient (Wildman–Crippen LogP) is 2.09. The number of hydrogen-bond donors (Lipinski definition) is 2. The molecule has 0 spiro atoms. The molecule has 0 radical (unpaired) electrons. The second-order valence-electron chi connectivity index (χ2n) is 4.91. The Kier molecular flexibility index (Phi) is 5.57. The van der Waals surface area contributed by atoms with Crippen molar-refractivity contribution in [1.29, 1.82) is 0 Å². The number of carboxylic acids is 1. The van der Waals surface area contributed by atoms with Crippen LogP contribution < -0.4 is 5.32 Å². The number of carbonyl (C=O) groups is 2. The average Bonchev–Trinajstić information content (AvgIpc) is 2.93. The highest BCUT2D eigenvalue weighted by Crippen LogP contribution is 2.26. The number of hydrogen-bond acceptors (Lipinski definition) is 4. The molecular weight excluding hydrogens is 343 g/mol. The fourth-order valence-electron chi connectivity index (χ4n) is 1.90. The Labute approximate surface area is 142 Å². The number of benzene rings is 1. The molecule has 0 bridgehead atoms. The number of rotatable bonds is 6. The maximum Gasteiger partial charge on any atom is 0.325 e. The normalized spacial score (nSPS) is 12.0. The molecule has 1 heterocycles. The van der Waals surface area contributed by atoms with E-state index in [9.17, 15) is 9.59 Å². The molecule has 1 unspecified atom stereocenters. The molecule has 1 atom stereocenters. The van der Waals surface area contributed by atoms with E-state index in [1.54, 1.807) is 25.1 Å². The van der Waals surface area contributed by atoms with E-state index >= 15 is 0 Å². The average molecular weight is 357 g/mol. The van der Waals surface area contributed by atoms with E-state index in [2.05, 4.69) is 15.6 Å². The molecule has 0 saturated carbocycles. The molecule has 9 heteroatoms. The maximum absolute atomic E-state index is 12.2. The van der Waals surface area contributed by atoms with Crippen LogP contribution in [0, 0.1) is 0 Å². The smallest absolute Gasteiger partial charge is 0.325 e. The SMILES string of the molecule is CC(C(=O)NCc1cn(CC(=O)O)nn1)c1ccc(Cl)c(Cl)c1. The summed E-state index contributed by atoms with van der Waals surface area (Å²) >= 11 is 11.8. The van der Waals surface area contributed by atoms with E-state index in [1.807, 2.05) is 0 Å². The monoisotopic (exact) mass is 356 g/mol. The number of aromatic nitrogens is 3. The van der Waals surface area contributed by atoms with Gasteiger partial charge >= 0.3 is 5.97 Å². The van der Waals surface area contributed by atoms with Crippen molar-refractivity contribution in [3.63, 3.8) is 0 Å². The van der Waals surface area contributed by atoms with E-state index in [1.165, 1.54) is 10.9 Å². The second kappa shape index (κ2) is 7.43. The molecule has 1 aromatic heterocycles. The standard InChI is InChI=1S/C14H14Cl2N4O3/c1-8(9-2-3-11(15)12(16)4-9)14(23)17-5-10-6-20(19-18-10)7-13(21)22/h2-4,6,8H,5,7H2,1H3,(H,17,23)(H,21,22). The Bertz CT molecular complexity index is 733. The number of carbonyl (C=O) groups excluding carboxylic acids is 1. The number of nitrogens with zero attached hydrogens (tertiary/aromatic N) is 3. The van der Waals surface area contributed by atoms with Gasteiger partial charge in [0.2, 0.25) is 5.91 Å². The van der Waals surface area contributed by atoms with Gasteiger partial charge in [-0.25, -0.2) is 4.68 Å². The molecule has 7 nitrogen and oxygen atoms in total. The number of halogens is 2. The fourth-order valence-corrected chi connectivity index (χ4v) is 2.21. The number of nitrogens with one attached hydrogen (secondary N) is 1. The third-order valence-electron chi connectivity index (χ3n) is 3.16. The highest BCUT2D eigenvalue weighted by molar-refractivity contribution is 6.42. The Morgan fingerprint density at radius 1 is 1.35 bits per heavy atom. The highest BCUT2D eigenvalue weighted by atomic mass is 35.5. The molecule has 0 aliphatic rings. The summed E-state index contributed by atoms with van der Waals surface area (Å²) in [5.41, 5.74) is 1.22. The molecular formula is C14H14Cl2N4O3. The van der Waals surface area contributed by atoms with Gasteiger partial charge in [-0.15, -0.1) is 5.10 Å². The first kappa shape index (κ1) is 17.2. The van der Waals surface area contributed by atoms with Crippen LogP contribution in [0.3, 0.4) is 0 Å². The van der Waals surface area contributed by atoms with Crippen LogP contribution >= 0.6 is 23.2 Å². The minimum absolute atomic E-state index is 0.157. The first-order valence-corrected chi connectivity index (χ1v) is 7.46. The lowest BCUT2D eigenvalue weighted by Crippen LogP contribution is -2.27. The lowest BCUT2D eigenvalue weighted by molar-refractivity contribution is -0.138. The van der Waals surface area contributed by atoms with E-state index in [0.29, 0.717) is 15.7 Å². The number of amides is 1. The van der Waals surface area contributed by atoms with Crippen LogP contribution in [0.5, 0.6) is 0 Å². The summed E-state index contributed by atoms with van der Waals surface area (Å²) in [6.07, 6.45) is 1.47. The van der Waals surface area contributed by atoms with Gasteiger partial charge in [0.1, 0.15) is 12.2 Å². The van der Waals surface area contributed by atoms with Crippen LogP contribution in [0.4, 0.5) is 0 Å². The fraction of sp³-hybridized carbons (Fsp3) is 0.286. The predicted molar refractivity (Wildman–Crippen MR) is 84.4 cm³/mol. The van der Waals surface area contributed by atoms with Crippen LogP contribution in [0.1, 0.15) is 24.1 Å². The van der Waals surface area contributed by atoms with Gasteiger partial charge in [0, 0.05) is 0 Å². The molecule has 23 heavy (non-hydrogen) atoms. The van der Waals surface area contributed by atoms with Crippen molar-refractivity contribution in [3.05, 3.63) is 45.7 Å². The Hall–Kier alpha value is -2.12. The number of aliphatic carboxylic acids is 1. The quantitative estimate of drug-likeness (QED) is 0.825. The van der Waals surface area contributed by atoms with Crippen LogP contribution in [-0.4, -0.2) is 32.0 Å². The molecule has 1 aromatic carbocycles. The summed E-state index contributed by atoms with van der Waals surface area (Å²) in [5.74, 6) is -1.64. The van der Waals surface area contributed by atoms with Crippen molar-refractivity contribution in [2.45, 2.75) is 25.9 Å². The van der Waals surface area contributed by atoms with Gasteiger partial charge in [-0.05, 0) is 24.6 Å². The molecule has 2 N–H and O–H groups in total. The van der Waals surface area contributed by atoms with E-state index in [-0.39, 0.29) is 19.0 Å². The number of carboxylic acid groups (broad SMARTS) is 1. The largest absolute Gasteiger partial charge is 0.480 e. The Morgan fingerprint density at radius 2 is 2.09 bits per heavy atom. The molecule has 2 aromatic rings. The first-order valence-electron chi connectivity index (χ1n) is 6.70. The van der Waals surface area contributed by atoms with E-state index in [4.69, 9.17) is 28.3 Å². The topological polar surface area (TPSA) is 97.1 Å². The van der Waals surface area contributed by atoms with Crippen LogP contribution in [-0.2, 0) is 22.7 Å². The summed E-state index contributed by atoms with van der Waals surface area (Å²) in [4.78, 5) is 22.7. The van der Waals surface area contributed by atoms with Crippen molar-refractivity contribution in [1.82, 2.24) is 20.3 Å². The minimum Gasteiger partial charge on any atom is -0.480 e. The summed E-state index contributed by atoms with van der Waals surface area (Å²) in [7, 11) is 0. The van der Waals surface area contributed by atoms with Gasteiger partial charge in [-0.2, -0.15) is 0 Å². The minimum atomic E-state index is -1.02. The van der Waals surface area contributed by atoms with Gasteiger partial charge in [0.05, 0.1) is 28.7 Å². The van der Waals surface area contributed by atoms with Gasteiger partial charge in [-0.1, -0.05) is 34.5 Å². The van der Waals surface area contributed by atoms with Crippen LogP contribution in [0.15, 0.2) is 24.4 Å². The van der Waals surface area contributed by atoms with E-state index < -0.39 is 11.9 Å². The van der Waals surface area contributed by atoms with Gasteiger partial charge in [0.25, 0.3) is 0 Å². The lowest BCUT2D eigenvalue weighted by atomic mass is 10.0. The maximum atomic E-state index is 12.2. The lowest BCUT2D eigenvalue weighted by Gasteiger charge is -2.12. The van der Waals surface area contributed by atoms with Crippen molar-refractivity contribution >= 4 is 35.1 Å². The van der Waals surface area contributed by atoms with Gasteiger partial charge in [0.15, 0.2) is 0 Å². The zero-order valence-electron chi connectivity index (χ0n) is 12.2. The molecule has 0 aliphatic carbocycles. The van der Waals surface area contributed by atoms with Crippen molar-refractivity contribution < 1.29 is 14.7 Å². The summed E-state index contributed by atoms with van der Waals surface area (Å²) in [5, 5.41) is 19.7. The Balaban J connectivity index is 1.94. The van der Waals surface area contributed by atoms with Crippen molar-refractivity contribution in [3.8, 4) is 0 Å². The van der Waals surface area contributed by atoms with Gasteiger partial charge < -0.3 is 10.4 Å². The third-order valence-corrected chi connectivity index (χ3v) is 3.90. The van der Waals surface area contributed by atoms with Crippen LogP contribution in [0.25, 0.3) is 0 Å². The third kappa shape index (κ3) is 4.67. The first-order chi connectivity index (χ1) is 10.9. The molecule has 122 valence electrons. The van der Waals surface area contributed by atoms with E-state index in [0.717, 1.165) is 5.56 Å². The summed E-state index contributed by atoms with van der Waals surface area (Å²) in [6.45, 7) is 1.63. The zero-order valence-corrected chi connectivity index (χ0v) is 13.7. The molecule has 0 saturated heterocycles.